The lowest BCUT2D eigenvalue weighted by molar-refractivity contribution is -0.138. The van der Waals surface area contributed by atoms with Crippen LogP contribution in [-0.2, 0) is 16.1 Å². The Kier molecular flexibility index (Phi) is 8.92. The normalized spacial score (nSPS) is 15.0. The quantitative estimate of drug-likeness (QED) is 0.231. The number of nitrogens with one attached hydrogen (secondary N) is 2. The van der Waals surface area contributed by atoms with Gasteiger partial charge in [-0.05, 0) is 61.5 Å². The van der Waals surface area contributed by atoms with E-state index in [4.69, 9.17) is 49.6 Å². The summed E-state index contributed by atoms with van der Waals surface area (Å²) in [7, 11) is 0. The summed E-state index contributed by atoms with van der Waals surface area (Å²) in [5.41, 5.74) is 3.27. The van der Waals surface area contributed by atoms with E-state index >= 15 is 0 Å². The molecule has 0 bridgehead atoms. The molecular formula is C28H26Cl2N2O4S. The van der Waals surface area contributed by atoms with Crippen LogP contribution in [0.2, 0.25) is 10.0 Å². The highest BCUT2D eigenvalue weighted by atomic mass is 35.5. The number of hydrogen-bond donors (Lipinski definition) is 2. The van der Waals surface area contributed by atoms with Crippen molar-refractivity contribution in [1.29, 1.82) is 0 Å². The van der Waals surface area contributed by atoms with Gasteiger partial charge >= 0.3 is 5.97 Å². The van der Waals surface area contributed by atoms with Crippen LogP contribution in [-0.4, -0.2) is 24.3 Å². The van der Waals surface area contributed by atoms with Gasteiger partial charge in [0, 0.05) is 15.6 Å². The van der Waals surface area contributed by atoms with Gasteiger partial charge in [-0.15, -0.1) is 0 Å². The van der Waals surface area contributed by atoms with E-state index in [0.29, 0.717) is 50.1 Å². The lowest BCUT2D eigenvalue weighted by atomic mass is 9.92. The predicted molar refractivity (Wildman–Crippen MR) is 150 cm³/mol. The van der Waals surface area contributed by atoms with Crippen molar-refractivity contribution >= 4 is 52.2 Å². The number of halogens is 2. The minimum atomic E-state index is -0.575. The number of esters is 1. The van der Waals surface area contributed by atoms with Gasteiger partial charge in [-0.1, -0.05) is 65.7 Å². The highest BCUT2D eigenvalue weighted by Crippen LogP contribution is 2.37. The van der Waals surface area contributed by atoms with Crippen molar-refractivity contribution in [1.82, 2.24) is 10.6 Å². The smallest absolute Gasteiger partial charge is 0.338 e. The summed E-state index contributed by atoms with van der Waals surface area (Å²) < 4.78 is 17.4. The first-order chi connectivity index (χ1) is 17.9. The van der Waals surface area contributed by atoms with Gasteiger partial charge in [-0.2, -0.15) is 0 Å². The Hall–Kier alpha value is -3.26. The average molecular weight is 557 g/mol. The van der Waals surface area contributed by atoms with E-state index < -0.39 is 12.0 Å². The Labute approximate surface area is 231 Å². The van der Waals surface area contributed by atoms with Crippen LogP contribution in [0.25, 0.3) is 5.70 Å². The molecule has 1 heterocycles. The SMILES string of the molecule is CCOC(=O)C1=C(c2ccccc2)NC(=S)N[C@H]1c1ccc(OCc2c(Cl)cccc2Cl)c(OCC)c1. The highest BCUT2D eigenvalue weighted by molar-refractivity contribution is 7.80. The van der Waals surface area contributed by atoms with Gasteiger partial charge in [-0.3, -0.25) is 0 Å². The third-order valence-electron chi connectivity index (χ3n) is 5.66. The third-order valence-corrected chi connectivity index (χ3v) is 6.59. The standard InChI is InChI=1S/C28H26Cl2N2O4S/c1-3-34-23-15-18(13-14-22(23)36-16-19-20(29)11-8-12-21(19)30)26-24(27(33)35-4-2)25(31-28(37)32-26)17-9-6-5-7-10-17/h5-15,26H,3-4,16H2,1-2H3,(H2,31,32,37)/t26-/m0/s1. The van der Waals surface area contributed by atoms with Crippen LogP contribution in [0.1, 0.15) is 36.6 Å². The topological polar surface area (TPSA) is 68.8 Å². The van der Waals surface area contributed by atoms with Crippen molar-refractivity contribution in [2.45, 2.75) is 26.5 Å². The molecule has 1 aliphatic heterocycles. The Morgan fingerprint density at radius 2 is 1.65 bits per heavy atom. The summed E-state index contributed by atoms with van der Waals surface area (Å²) in [6.45, 7) is 4.48. The van der Waals surface area contributed by atoms with Gasteiger partial charge in [-0.25, -0.2) is 4.79 Å². The van der Waals surface area contributed by atoms with E-state index in [1.807, 2.05) is 49.4 Å². The summed E-state index contributed by atoms with van der Waals surface area (Å²) in [5.74, 6) is 0.586. The second-order valence-corrected chi connectivity index (χ2v) is 9.26. The van der Waals surface area contributed by atoms with Crippen LogP contribution < -0.4 is 20.1 Å². The number of benzene rings is 3. The predicted octanol–water partition coefficient (Wildman–Crippen LogP) is 6.46. The van der Waals surface area contributed by atoms with Gasteiger partial charge in [0.15, 0.2) is 16.6 Å². The van der Waals surface area contributed by atoms with E-state index in [9.17, 15) is 4.79 Å². The van der Waals surface area contributed by atoms with Crippen molar-refractivity contribution < 1.29 is 19.0 Å². The summed E-state index contributed by atoms with van der Waals surface area (Å²) in [6, 6.07) is 19.8. The highest BCUT2D eigenvalue weighted by Gasteiger charge is 2.33. The maximum Gasteiger partial charge on any atom is 0.338 e. The first kappa shape index (κ1) is 26.8. The molecule has 0 amide bonds. The molecule has 4 rings (SSSR count). The molecule has 1 atom stereocenters. The average Bonchev–Trinajstić information content (AvgIpc) is 2.89. The number of ether oxygens (including phenoxy) is 3. The molecule has 0 unspecified atom stereocenters. The lowest BCUT2D eigenvalue weighted by Crippen LogP contribution is -2.45. The molecule has 3 aromatic carbocycles. The fourth-order valence-electron chi connectivity index (χ4n) is 3.99. The molecule has 0 radical (unpaired) electrons. The molecule has 1 aliphatic rings. The number of thiocarbonyl (C=S) groups is 1. The van der Waals surface area contributed by atoms with E-state index in [0.717, 1.165) is 11.1 Å². The van der Waals surface area contributed by atoms with Gasteiger partial charge in [0.25, 0.3) is 0 Å². The van der Waals surface area contributed by atoms with Crippen LogP contribution in [0.3, 0.4) is 0 Å². The Balaban J connectivity index is 1.73. The molecule has 192 valence electrons. The van der Waals surface area contributed by atoms with Crippen molar-refractivity contribution in [3.63, 3.8) is 0 Å². The number of carbonyl (C=O) groups excluding carboxylic acids is 1. The van der Waals surface area contributed by atoms with Crippen molar-refractivity contribution in [2.75, 3.05) is 13.2 Å². The van der Waals surface area contributed by atoms with E-state index in [1.54, 1.807) is 31.2 Å². The van der Waals surface area contributed by atoms with Gasteiger partial charge in [0.05, 0.1) is 30.5 Å². The zero-order valence-corrected chi connectivity index (χ0v) is 22.7. The second-order valence-electron chi connectivity index (χ2n) is 8.03. The molecule has 9 heteroatoms. The Bertz CT molecular complexity index is 1310. The van der Waals surface area contributed by atoms with Gasteiger partial charge in [0.2, 0.25) is 0 Å². The molecule has 2 N–H and O–H groups in total. The fourth-order valence-corrected chi connectivity index (χ4v) is 4.71. The Morgan fingerprint density at radius 3 is 2.32 bits per heavy atom. The van der Waals surface area contributed by atoms with Crippen LogP contribution in [0.4, 0.5) is 0 Å². The number of hydrogen-bond acceptors (Lipinski definition) is 5. The van der Waals surface area contributed by atoms with Crippen molar-refractivity contribution in [3.05, 3.63) is 99.0 Å². The number of rotatable bonds is 9. The molecule has 3 aromatic rings. The zero-order valence-electron chi connectivity index (χ0n) is 20.3. The largest absolute Gasteiger partial charge is 0.490 e. The summed E-state index contributed by atoms with van der Waals surface area (Å²) >= 11 is 18.1. The van der Waals surface area contributed by atoms with Crippen LogP contribution >= 0.6 is 35.4 Å². The fraction of sp³-hybridized carbons (Fsp3) is 0.214. The van der Waals surface area contributed by atoms with E-state index in [2.05, 4.69) is 10.6 Å². The summed E-state index contributed by atoms with van der Waals surface area (Å²) in [6.07, 6.45) is 0. The first-order valence-corrected chi connectivity index (χ1v) is 13.0. The van der Waals surface area contributed by atoms with Crippen LogP contribution in [0.5, 0.6) is 11.5 Å². The molecule has 0 aromatic heterocycles. The molecule has 37 heavy (non-hydrogen) atoms. The van der Waals surface area contributed by atoms with Gasteiger partial charge in [0.1, 0.15) is 6.61 Å². The van der Waals surface area contributed by atoms with Crippen molar-refractivity contribution in [2.24, 2.45) is 0 Å². The summed E-state index contributed by atoms with van der Waals surface area (Å²) in [4.78, 5) is 13.2. The minimum absolute atomic E-state index is 0.166. The molecule has 0 saturated carbocycles. The molecule has 0 aliphatic carbocycles. The minimum Gasteiger partial charge on any atom is -0.490 e. The third kappa shape index (κ3) is 6.18. The van der Waals surface area contributed by atoms with Crippen LogP contribution in [0, 0.1) is 0 Å². The monoisotopic (exact) mass is 556 g/mol. The second kappa shape index (κ2) is 12.3. The number of carbonyl (C=O) groups is 1. The molecule has 6 nitrogen and oxygen atoms in total. The molecule has 0 spiro atoms. The maximum absolute atomic E-state index is 13.2. The van der Waals surface area contributed by atoms with Crippen molar-refractivity contribution in [3.8, 4) is 11.5 Å². The molecular weight excluding hydrogens is 531 g/mol. The summed E-state index contributed by atoms with van der Waals surface area (Å²) in [5, 5.41) is 7.79. The maximum atomic E-state index is 13.2. The molecule has 0 saturated heterocycles. The Morgan fingerprint density at radius 1 is 0.919 bits per heavy atom. The van der Waals surface area contributed by atoms with Crippen LogP contribution in [0.15, 0.2) is 72.3 Å². The van der Waals surface area contributed by atoms with E-state index in [-0.39, 0.29) is 13.2 Å². The molecule has 0 fully saturated rings. The van der Waals surface area contributed by atoms with Gasteiger partial charge < -0.3 is 24.8 Å². The van der Waals surface area contributed by atoms with E-state index in [1.165, 1.54) is 0 Å². The first-order valence-electron chi connectivity index (χ1n) is 11.8. The zero-order chi connectivity index (χ0) is 26.4. The lowest BCUT2D eigenvalue weighted by Gasteiger charge is -2.31.